The summed E-state index contributed by atoms with van der Waals surface area (Å²) in [5, 5.41) is 2.32. The molecule has 0 radical (unpaired) electrons. The summed E-state index contributed by atoms with van der Waals surface area (Å²) < 4.78 is 0. The lowest BCUT2D eigenvalue weighted by Crippen LogP contribution is -2.52. The normalized spacial score (nSPS) is 20.2. The van der Waals surface area contributed by atoms with Crippen molar-refractivity contribution in [1.29, 1.82) is 0 Å². The van der Waals surface area contributed by atoms with E-state index in [1.54, 1.807) is 11.0 Å². The van der Waals surface area contributed by atoms with Crippen molar-refractivity contribution in [2.45, 2.75) is 31.8 Å². The smallest absolute Gasteiger partial charge is 0.255 e. The van der Waals surface area contributed by atoms with Gasteiger partial charge in [-0.1, -0.05) is 6.07 Å². The third kappa shape index (κ3) is 2.87. The van der Waals surface area contributed by atoms with Crippen LogP contribution in [0.5, 0.6) is 0 Å². The molecule has 1 aromatic carbocycles. The first-order valence-electron chi connectivity index (χ1n) is 8.20. The molecular formula is C17H22N4O3. The summed E-state index contributed by atoms with van der Waals surface area (Å²) in [7, 11) is 1.98. The summed E-state index contributed by atoms with van der Waals surface area (Å²) in [5.41, 5.74) is 8.14. The zero-order valence-corrected chi connectivity index (χ0v) is 13.7. The van der Waals surface area contributed by atoms with Crippen LogP contribution in [0, 0.1) is 0 Å². The first-order chi connectivity index (χ1) is 11.5. The molecule has 1 saturated heterocycles. The molecule has 0 saturated carbocycles. The van der Waals surface area contributed by atoms with Crippen LogP contribution in [0.2, 0.25) is 0 Å². The third-order valence-corrected chi connectivity index (χ3v) is 4.67. The summed E-state index contributed by atoms with van der Waals surface area (Å²) >= 11 is 0. The molecule has 2 aliphatic heterocycles. The molecule has 24 heavy (non-hydrogen) atoms. The van der Waals surface area contributed by atoms with Gasteiger partial charge in [0, 0.05) is 43.4 Å². The van der Waals surface area contributed by atoms with E-state index in [9.17, 15) is 14.4 Å². The minimum atomic E-state index is -0.579. The maximum Gasteiger partial charge on any atom is 0.255 e. The summed E-state index contributed by atoms with van der Waals surface area (Å²) in [6, 6.07) is 5.06. The number of hydrogen-bond donors (Lipinski definition) is 2. The average Bonchev–Trinajstić information content (AvgIpc) is 2.89. The highest BCUT2D eigenvalue weighted by Crippen LogP contribution is 2.33. The molecular weight excluding hydrogens is 308 g/mol. The van der Waals surface area contributed by atoms with Crippen LogP contribution >= 0.6 is 0 Å². The second kappa shape index (κ2) is 6.60. The number of fused-ring (bicyclic) bond motifs is 1. The molecule has 3 amide bonds. The Labute approximate surface area is 140 Å². The van der Waals surface area contributed by atoms with Crippen LogP contribution in [0.4, 0.5) is 5.69 Å². The van der Waals surface area contributed by atoms with Crippen LogP contribution in [-0.2, 0) is 16.1 Å². The molecule has 0 aliphatic carbocycles. The van der Waals surface area contributed by atoms with Crippen LogP contribution < -0.4 is 16.0 Å². The zero-order valence-electron chi connectivity index (χ0n) is 13.7. The van der Waals surface area contributed by atoms with Gasteiger partial charge in [0.05, 0.1) is 0 Å². The monoisotopic (exact) mass is 330 g/mol. The molecule has 1 unspecified atom stereocenters. The molecule has 7 nitrogen and oxygen atoms in total. The van der Waals surface area contributed by atoms with Gasteiger partial charge in [-0.2, -0.15) is 0 Å². The van der Waals surface area contributed by atoms with Crippen LogP contribution in [0.15, 0.2) is 18.2 Å². The number of amides is 3. The summed E-state index contributed by atoms with van der Waals surface area (Å²) in [6.07, 6.45) is 1.51. The van der Waals surface area contributed by atoms with Crippen molar-refractivity contribution in [3.8, 4) is 0 Å². The second-order valence-corrected chi connectivity index (χ2v) is 6.27. The first kappa shape index (κ1) is 16.4. The SMILES string of the molecule is CN(CCCN)c1cccc2c1CN(C1CCC(=O)NC1=O)C2=O. The first-order valence-corrected chi connectivity index (χ1v) is 8.20. The molecule has 1 atom stereocenters. The Morgan fingerprint density at radius 3 is 2.83 bits per heavy atom. The highest BCUT2D eigenvalue weighted by atomic mass is 16.2. The number of benzene rings is 1. The highest BCUT2D eigenvalue weighted by molar-refractivity contribution is 6.06. The van der Waals surface area contributed by atoms with E-state index in [-0.39, 0.29) is 24.1 Å². The minimum absolute atomic E-state index is 0.145. The Kier molecular flexibility index (Phi) is 4.53. The van der Waals surface area contributed by atoms with Crippen molar-refractivity contribution >= 4 is 23.4 Å². The van der Waals surface area contributed by atoms with Crippen molar-refractivity contribution in [3.05, 3.63) is 29.3 Å². The van der Waals surface area contributed by atoms with Crippen molar-refractivity contribution in [1.82, 2.24) is 10.2 Å². The second-order valence-electron chi connectivity index (χ2n) is 6.27. The summed E-state index contributed by atoms with van der Waals surface area (Å²) in [5.74, 6) is -0.804. The summed E-state index contributed by atoms with van der Waals surface area (Å²) in [4.78, 5) is 39.8. The molecule has 128 valence electrons. The fourth-order valence-electron chi connectivity index (χ4n) is 3.38. The molecule has 7 heteroatoms. The Bertz CT molecular complexity index is 688. The van der Waals surface area contributed by atoms with E-state index in [2.05, 4.69) is 10.2 Å². The molecule has 2 aliphatic rings. The largest absolute Gasteiger partial charge is 0.374 e. The van der Waals surface area contributed by atoms with E-state index in [4.69, 9.17) is 5.73 Å². The van der Waals surface area contributed by atoms with Gasteiger partial charge in [0.1, 0.15) is 6.04 Å². The quantitative estimate of drug-likeness (QED) is 0.754. The fourth-order valence-corrected chi connectivity index (χ4v) is 3.38. The van der Waals surface area contributed by atoms with Crippen molar-refractivity contribution in [2.75, 3.05) is 25.0 Å². The number of carbonyl (C=O) groups is 3. The van der Waals surface area contributed by atoms with E-state index in [1.165, 1.54) is 0 Å². The van der Waals surface area contributed by atoms with Gasteiger partial charge in [0.25, 0.3) is 5.91 Å². The van der Waals surface area contributed by atoms with Gasteiger partial charge in [-0.25, -0.2) is 0 Å². The van der Waals surface area contributed by atoms with Crippen molar-refractivity contribution in [3.63, 3.8) is 0 Å². The topological polar surface area (TPSA) is 95.7 Å². The fraction of sp³-hybridized carbons (Fsp3) is 0.471. The predicted octanol–water partition coefficient (Wildman–Crippen LogP) is 0.233. The summed E-state index contributed by atoms with van der Waals surface area (Å²) in [6.45, 7) is 1.81. The lowest BCUT2D eigenvalue weighted by Gasteiger charge is -2.29. The van der Waals surface area contributed by atoms with E-state index in [0.717, 1.165) is 24.2 Å². The van der Waals surface area contributed by atoms with Gasteiger partial charge in [0.15, 0.2) is 0 Å². The third-order valence-electron chi connectivity index (χ3n) is 4.67. The van der Waals surface area contributed by atoms with Crippen molar-refractivity contribution in [2.24, 2.45) is 5.73 Å². The van der Waals surface area contributed by atoms with Crippen LogP contribution in [-0.4, -0.2) is 48.8 Å². The van der Waals surface area contributed by atoms with E-state index in [1.807, 2.05) is 19.2 Å². The standard InChI is InChI=1S/C17H22N4O3/c1-20(9-3-8-18)13-5-2-4-11-12(13)10-21(17(11)24)14-6-7-15(22)19-16(14)23/h2,4-5,14H,3,6-10,18H2,1H3,(H,19,22,23). The lowest BCUT2D eigenvalue weighted by atomic mass is 10.0. The number of imide groups is 1. The van der Waals surface area contributed by atoms with Crippen LogP contribution in [0.1, 0.15) is 35.2 Å². The Morgan fingerprint density at radius 1 is 1.33 bits per heavy atom. The zero-order chi connectivity index (χ0) is 17.3. The number of nitrogens with one attached hydrogen (secondary N) is 1. The Balaban J connectivity index is 1.84. The number of piperidine rings is 1. The van der Waals surface area contributed by atoms with E-state index >= 15 is 0 Å². The number of nitrogens with zero attached hydrogens (tertiary/aromatic N) is 2. The van der Waals surface area contributed by atoms with Gasteiger partial charge < -0.3 is 15.5 Å². The number of carbonyl (C=O) groups excluding carboxylic acids is 3. The minimum Gasteiger partial charge on any atom is -0.374 e. The Morgan fingerprint density at radius 2 is 2.12 bits per heavy atom. The number of hydrogen-bond acceptors (Lipinski definition) is 5. The molecule has 3 rings (SSSR count). The maximum atomic E-state index is 12.7. The highest BCUT2D eigenvalue weighted by Gasteiger charge is 2.40. The molecule has 1 fully saturated rings. The molecule has 0 aromatic heterocycles. The van der Waals surface area contributed by atoms with Crippen LogP contribution in [0.3, 0.4) is 0 Å². The van der Waals surface area contributed by atoms with Gasteiger partial charge in [-0.05, 0) is 31.5 Å². The molecule has 0 bridgehead atoms. The average molecular weight is 330 g/mol. The number of anilines is 1. The Hall–Kier alpha value is -2.41. The van der Waals surface area contributed by atoms with Gasteiger partial charge in [-0.3, -0.25) is 19.7 Å². The number of nitrogens with two attached hydrogens (primary N) is 1. The van der Waals surface area contributed by atoms with E-state index in [0.29, 0.717) is 25.1 Å². The van der Waals surface area contributed by atoms with Gasteiger partial charge in [-0.15, -0.1) is 0 Å². The van der Waals surface area contributed by atoms with Gasteiger partial charge >= 0.3 is 0 Å². The molecule has 1 aromatic rings. The molecule has 2 heterocycles. The molecule has 0 spiro atoms. The van der Waals surface area contributed by atoms with Crippen LogP contribution in [0.25, 0.3) is 0 Å². The number of rotatable bonds is 5. The predicted molar refractivity (Wildman–Crippen MR) is 89.4 cm³/mol. The maximum absolute atomic E-state index is 12.7. The van der Waals surface area contributed by atoms with E-state index < -0.39 is 6.04 Å². The lowest BCUT2D eigenvalue weighted by molar-refractivity contribution is -0.136. The van der Waals surface area contributed by atoms with Crippen molar-refractivity contribution < 1.29 is 14.4 Å². The molecule has 3 N–H and O–H groups in total. The van der Waals surface area contributed by atoms with Gasteiger partial charge in [0.2, 0.25) is 11.8 Å².